The number of rotatable bonds is 9. The monoisotopic (exact) mass is 612 g/mol. The number of carbonyl (C=O) groups is 1. The van der Waals surface area contributed by atoms with Gasteiger partial charge in [-0.25, -0.2) is 4.98 Å². The molecule has 0 N–H and O–H groups in total. The van der Waals surface area contributed by atoms with Crippen LogP contribution in [0.4, 0.5) is 0 Å². The van der Waals surface area contributed by atoms with Crippen LogP contribution in [-0.2, 0) is 17.9 Å². The van der Waals surface area contributed by atoms with Gasteiger partial charge in [-0.1, -0.05) is 47.5 Å². The Balaban J connectivity index is 1.12. The molecule has 9 heteroatoms. The lowest BCUT2D eigenvalue weighted by Crippen LogP contribution is -2.47. The molecular weight excluding hydrogens is 583 g/mol. The molecule has 0 radical (unpaired) electrons. The maximum absolute atomic E-state index is 12.9. The molecule has 1 aliphatic rings. The van der Waals surface area contributed by atoms with Gasteiger partial charge in [0.15, 0.2) is 5.75 Å². The minimum atomic E-state index is -0.0223. The summed E-state index contributed by atoms with van der Waals surface area (Å²) in [5.41, 5.74) is 4.39. The molecule has 0 bridgehead atoms. The summed E-state index contributed by atoms with van der Waals surface area (Å²) in [7, 11) is 0. The van der Waals surface area contributed by atoms with Crippen molar-refractivity contribution in [3.05, 3.63) is 123 Å². The Morgan fingerprint density at radius 2 is 1.70 bits per heavy atom. The SMILES string of the molecule is Cc1cc(C=CC(=O)N2CCN(Cc3ccc(Cl)cc3)CC2)cc(Cl)c1Oc1ccc(OCc2ccc(C#N)cc2)cn1. The van der Waals surface area contributed by atoms with E-state index in [1.54, 1.807) is 48.7 Å². The second-order valence-electron chi connectivity index (χ2n) is 10.2. The summed E-state index contributed by atoms with van der Waals surface area (Å²) in [6.45, 7) is 6.08. The number of nitriles is 1. The number of hydrogen-bond donors (Lipinski definition) is 0. The maximum Gasteiger partial charge on any atom is 0.246 e. The van der Waals surface area contributed by atoms with Gasteiger partial charge < -0.3 is 14.4 Å². The van der Waals surface area contributed by atoms with Crippen molar-refractivity contribution in [2.24, 2.45) is 0 Å². The number of aromatic nitrogens is 1. The highest BCUT2D eigenvalue weighted by Crippen LogP contribution is 2.34. The third kappa shape index (κ3) is 8.36. The van der Waals surface area contributed by atoms with Crippen molar-refractivity contribution in [2.75, 3.05) is 26.2 Å². The highest BCUT2D eigenvalue weighted by molar-refractivity contribution is 6.32. The van der Waals surface area contributed by atoms with E-state index in [1.165, 1.54) is 5.56 Å². The number of benzene rings is 3. The Kier molecular flexibility index (Phi) is 9.96. The maximum atomic E-state index is 12.9. The standard InChI is InChI=1S/C34H30Cl2N4O3/c1-24-18-28(8-13-33(41)40-16-14-39(15-17-40)22-26-6-9-29(35)10-7-26)19-31(36)34(24)43-32-12-11-30(21-38-32)42-23-27-4-2-25(20-37)3-5-27/h2-13,18-19,21H,14-17,22-23H2,1H3. The zero-order valence-electron chi connectivity index (χ0n) is 23.7. The molecule has 7 nitrogen and oxygen atoms in total. The number of nitrogens with zero attached hydrogens (tertiary/aromatic N) is 4. The Labute approximate surface area is 261 Å². The molecule has 1 aromatic heterocycles. The van der Waals surface area contributed by atoms with E-state index < -0.39 is 0 Å². The quantitative estimate of drug-likeness (QED) is 0.185. The molecule has 1 aliphatic heterocycles. The first-order valence-electron chi connectivity index (χ1n) is 13.9. The van der Waals surface area contributed by atoms with Gasteiger partial charge in [0.2, 0.25) is 11.8 Å². The zero-order chi connectivity index (χ0) is 30.2. The van der Waals surface area contributed by atoms with Crippen LogP contribution in [0, 0.1) is 18.3 Å². The molecule has 1 amide bonds. The summed E-state index contributed by atoms with van der Waals surface area (Å²) in [4.78, 5) is 21.4. The fourth-order valence-electron chi connectivity index (χ4n) is 4.69. The molecule has 0 aliphatic carbocycles. The molecule has 1 saturated heterocycles. The van der Waals surface area contributed by atoms with E-state index in [2.05, 4.69) is 16.0 Å². The molecule has 43 heavy (non-hydrogen) atoms. The van der Waals surface area contributed by atoms with E-state index in [0.29, 0.717) is 47.7 Å². The van der Waals surface area contributed by atoms with E-state index in [9.17, 15) is 4.79 Å². The number of aryl methyl sites for hydroxylation is 1. The van der Waals surface area contributed by atoms with Crippen LogP contribution in [-0.4, -0.2) is 46.9 Å². The first-order chi connectivity index (χ1) is 20.9. The zero-order valence-corrected chi connectivity index (χ0v) is 25.2. The summed E-state index contributed by atoms with van der Waals surface area (Å²) >= 11 is 12.6. The summed E-state index contributed by atoms with van der Waals surface area (Å²) in [6.07, 6.45) is 4.96. The summed E-state index contributed by atoms with van der Waals surface area (Å²) in [5, 5.41) is 10.1. The van der Waals surface area contributed by atoms with Crippen LogP contribution in [0.3, 0.4) is 0 Å². The minimum Gasteiger partial charge on any atom is -0.487 e. The third-order valence-corrected chi connectivity index (χ3v) is 7.61. The largest absolute Gasteiger partial charge is 0.487 e. The lowest BCUT2D eigenvalue weighted by atomic mass is 10.1. The summed E-state index contributed by atoms with van der Waals surface area (Å²) in [6, 6.07) is 24.4. The summed E-state index contributed by atoms with van der Waals surface area (Å²) in [5.74, 6) is 1.45. The molecule has 4 aromatic rings. The Morgan fingerprint density at radius 1 is 0.977 bits per heavy atom. The second-order valence-corrected chi connectivity index (χ2v) is 11.1. The fraction of sp³-hybridized carbons (Fsp3) is 0.206. The molecule has 0 atom stereocenters. The van der Waals surface area contributed by atoms with Crippen molar-refractivity contribution < 1.29 is 14.3 Å². The average molecular weight is 614 g/mol. The van der Waals surface area contributed by atoms with Gasteiger partial charge in [-0.15, -0.1) is 0 Å². The lowest BCUT2D eigenvalue weighted by Gasteiger charge is -2.34. The van der Waals surface area contributed by atoms with Crippen molar-refractivity contribution in [1.29, 1.82) is 5.26 Å². The van der Waals surface area contributed by atoms with Crippen LogP contribution >= 0.6 is 23.2 Å². The van der Waals surface area contributed by atoms with Crippen LogP contribution < -0.4 is 9.47 Å². The highest BCUT2D eigenvalue weighted by atomic mass is 35.5. The molecule has 0 saturated carbocycles. The molecular formula is C34H30Cl2N4O3. The van der Waals surface area contributed by atoms with E-state index in [1.807, 2.05) is 54.3 Å². The topological polar surface area (TPSA) is 78.7 Å². The number of carbonyl (C=O) groups excluding carboxylic acids is 1. The van der Waals surface area contributed by atoms with Crippen molar-refractivity contribution in [3.8, 4) is 23.4 Å². The number of halogens is 2. The first-order valence-corrected chi connectivity index (χ1v) is 14.6. The van der Waals surface area contributed by atoms with Gasteiger partial charge >= 0.3 is 0 Å². The van der Waals surface area contributed by atoms with E-state index in [4.69, 9.17) is 37.9 Å². The first kappa shape index (κ1) is 30.1. The van der Waals surface area contributed by atoms with E-state index in [-0.39, 0.29) is 5.91 Å². The normalized spacial score (nSPS) is 13.6. The van der Waals surface area contributed by atoms with Gasteiger partial charge in [0, 0.05) is 49.9 Å². The predicted octanol–water partition coefficient (Wildman–Crippen LogP) is 7.30. The second kappa shape index (κ2) is 14.2. The molecule has 218 valence electrons. The van der Waals surface area contributed by atoms with Gasteiger partial charge in [-0.3, -0.25) is 9.69 Å². The lowest BCUT2D eigenvalue weighted by molar-refractivity contribution is -0.127. The molecule has 5 rings (SSSR count). The smallest absolute Gasteiger partial charge is 0.246 e. The predicted molar refractivity (Wildman–Crippen MR) is 168 cm³/mol. The number of ether oxygens (including phenoxy) is 2. The minimum absolute atomic E-state index is 0.0223. The summed E-state index contributed by atoms with van der Waals surface area (Å²) < 4.78 is 11.8. The number of amides is 1. The Bertz CT molecular complexity index is 1600. The average Bonchev–Trinajstić information content (AvgIpc) is 3.03. The third-order valence-electron chi connectivity index (χ3n) is 7.08. The van der Waals surface area contributed by atoms with E-state index >= 15 is 0 Å². The van der Waals surface area contributed by atoms with E-state index in [0.717, 1.165) is 41.3 Å². The van der Waals surface area contributed by atoms with Crippen molar-refractivity contribution in [1.82, 2.24) is 14.8 Å². The van der Waals surface area contributed by atoms with Gasteiger partial charge in [-0.2, -0.15) is 5.26 Å². The molecule has 0 spiro atoms. The van der Waals surface area contributed by atoms with Gasteiger partial charge in [0.25, 0.3) is 0 Å². The fourth-order valence-corrected chi connectivity index (χ4v) is 5.13. The van der Waals surface area contributed by atoms with Crippen LogP contribution in [0.25, 0.3) is 6.08 Å². The molecule has 1 fully saturated rings. The Hall–Kier alpha value is -4.35. The van der Waals surface area contributed by atoms with Crippen LogP contribution in [0.5, 0.6) is 17.4 Å². The van der Waals surface area contributed by atoms with Crippen LogP contribution in [0.15, 0.2) is 85.1 Å². The number of pyridine rings is 1. The molecule has 2 heterocycles. The Morgan fingerprint density at radius 3 is 2.35 bits per heavy atom. The molecule has 3 aromatic carbocycles. The molecule has 0 unspecified atom stereocenters. The van der Waals surface area contributed by atoms with Gasteiger partial charge in [-0.05, 0) is 77.7 Å². The van der Waals surface area contributed by atoms with Crippen molar-refractivity contribution in [2.45, 2.75) is 20.1 Å². The van der Waals surface area contributed by atoms with Crippen molar-refractivity contribution >= 4 is 35.2 Å². The van der Waals surface area contributed by atoms with Crippen LogP contribution in [0.2, 0.25) is 10.0 Å². The number of hydrogen-bond acceptors (Lipinski definition) is 6. The van der Waals surface area contributed by atoms with Crippen LogP contribution in [0.1, 0.15) is 27.8 Å². The van der Waals surface area contributed by atoms with Crippen molar-refractivity contribution in [3.63, 3.8) is 0 Å². The van der Waals surface area contributed by atoms with Gasteiger partial charge in [0.05, 0.1) is 22.9 Å². The number of piperazine rings is 1. The highest BCUT2D eigenvalue weighted by Gasteiger charge is 2.20. The van der Waals surface area contributed by atoms with Gasteiger partial charge in [0.1, 0.15) is 12.4 Å².